The van der Waals surface area contributed by atoms with Crippen molar-refractivity contribution in [2.24, 2.45) is 5.92 Å². The molecular formula is C21H25ClN2O4. The SMILES string of the molecule is O=C1CO[C@H]2CCN(C(=O)N3CC(Oc4ccc(Cl)c(C5CC5)c4)C3)C[C@H]2C1. The van der Waals surface area contributed by atoms with Gasteiger partial charge in [-0.25, -0.2) is 4.79 Å². The normalized spacial score (nSPS) is 28.0. The van der Waals surface area contributed by atoms with Crippen molar-refractivity contribution in [2.75, 3.05) is 32.8 Å². The number of amides is 2. The predicted molar refractivity (Wildman–Crippen MR) is 104 cm³/mol. The van der Waals surface area contributed by atoms with Crippen molar-refractivity contribution in [1.82, 2.24) is 9.80 Å². The number of rotatable bonds is 3. The van der Waals surface area contributed by atoms with Gasteiger partial charge in [0.2, 0.25) is 0 Å². The third-order valence-electron chi connectivity index (χ3n) is 6.29. The summed E-state index contributed by atoms with van der Waals surface area (Å²) in [7, 11) is 0. The molecule has 150 valence electrons. The summed E-state index contributed by atoms with van der Waals surface area (Å²) in [6, 6.07) is 5.91. The number of nitrogens with zero attached hydrogens (tertiary/aromatic N) is 2. The van der Waals surface area contributed by atoms with Crippen molar-refractivity contribution in [1.29, 1.82) is 0 Å². The van der Waals surface area contributed by atoms with Crippen LogP contribution in [0.15, 0.2) is 18.2 Å². The van der Waals surface area contributed by atoms with Crippen LogP contribution >= 0.6 is 11.6 Å². The zero-order valence-corrected chi connectivity index (χ0v) is 16.6. The largest absolute Gasteiger partial charge is 0.487 e. The van der Waals surface area contributed by atoms with E-state index in [9.17, 15) is 9.59 Å². The standard InChI is InChI=1S/C21H25ClN2O4/c22-19-4-3-16(8-18(19)13-1-2-13)28-17-10-24(11-17)21(26)23-6-5-20-14(9-23)7-15(25)12-27-20/h3-4,8,13-14,17,20H,1-2,5-7,9-12H2/t14-,20+/m1/s1. The molecule has 0 spiro atoms. The van der Waals surface area contributed by atoms with E-state index in [1.807, 2.05) is 21.9 Å². The predicted octanol–water partition coefficient (Wildman–Crippen LogP) is 3.08. The Balaban J connectivity index is 1.13. The van der Waals surface area contributed by atoms with Gasteiger partial charge in [-0.2, -0.15) is 0 Å². The van der Waals surface area contributed by atoms with Crippen LogP contribution in [-0.4, -0.2) is 66.6 Å². The fourth-order valence-corrected chi connectivity index (χ4v) is 4.79. The minimum absolute atomic E-state index is 0.0225. The summed E-state index contributed by atoms with van der Waals surface area (Å²) in [5, 5.41) is 0.814. The molecular weight excluding hydrogens is 380 g/mol. The quantitative estimate of drug-likeness (QED) is 0.776. The zero-order valence-electron chi connectivity index (χ0n) is 15.8. The first-order chi connectivity index (χ1) is 13.6. The Labute approximate surface area is 169 Å². The Morgan fingerprint density at radius 2 is 1.96 bits per heavy atom. The van der Waals surface area contributed by atoms with Gasteiger partial charge in [-0.1, -0.05) is 11.6 Å². The molecule has 3 aliphatic heterocycles. The summed E-state index contributed by atoms with van der Waals surface area (Å²) in [5.74, 6) is 1.69. The molecule has 2 amide bonds. The molecule has 1 aromatic carbocycles. The third-order valence-corrected chi connectivity index (χ3v) is 6.63. The molecule has 28 heavy (non-hydrogen) atoms. The molecule has 1 aromatic rings. The first-order valence-corrected chi connectivity index (χ1v) is 10.6. The molecule has 0 N–H and O–H groups in total. The van der Waals surface area contributed by atoms with Gasteiger partial charge in [0.05, 0.1) is 19.2 Å². The Morgan fingerprint density at radius 3 is 2.75 bits per heavy atom. The number of Topliss-reactive ketones (excluding diaryl/α,β-unsaturated/α-hetero) is 1. The summed E-state index contributed by atoms with van der Waals surface area (Å²) >= 11 is 6.28. The average Bonchev–Trinajstić information content (AvgIpc) is 3.49. The first kappa shape index (κ1) is 18.3. The summed E-state index contributed by atoms with van der Waals surface area (Å²) in [5.41, 5.74) is 1.18. The molecule has 5 rings (SSSR count). The maximum absolute atomic E-state index is 12.8. The van der Waals surface area contributed by atoms with Crippen LogP contribution in [-0.2, 0) is 9.53 Å². The minimum atomic E-state index is 0.0225. The lowest BCUT2D eigenvalue weighted by atomic mass is 9.88. The maximum atomic E-state index is 12.8. The van der Waals surface area contributed by atoms with Crippen LogP contribution in [0.2, 0.25) is 5.02 Å². The van der Waals surface area contributed by atoms with Crippen LogP contribution in [0, 0.1) is 5.92 Å². The molecule has 0 aromatic heterocycles. The van der Waals surface area contributed by atoms with Crippen LogP contribution in [0.25, 0.3) is 0 Å². The molecule has 4 fully saturated rings. The number of halogens is 1. The number of fused-ring (bicyclic) bond motifs is 1. The number of hydrogen-bond donors (Lipinski definition) is 0. The molecule has 3 saturated heterocycles. The van der Waals surface area contributed by atoms with Crippen LogP contribution in [0.4, 0.5) is 4.79 Å². The van der Waals surface area contributed by atoms with E-state index in [-0.39, 0.29) is 36.5 Å². The summed E-state index contributed by atoms with van der Waals surface area (Å²) in [4.78, 5) is 28.1. The monoisotopic (exact) mass is 404 g/mol. The Bertz CT molecular complexity index is 791. The Morgan fingerprint density at radius 1 is 1.14 bits per heavy atom. The van der Waals surface area contributed by atoms with E-state index in [2.05, 4.69) is 6.07 Å². The van der Waals surface area contributed by atoms with E-state index < -0.39 is 0 Å². The van der Waals surface area contributed by atoms with Gasteiger partial charge in [-0.15, -0.1) is 0 Å². The van der Waals surface area contributed by atoms with Crippen molar-refractivity contribution in [2.45, 2.75) is 43.8 Å². The molecule has 7 heteroatoms. The number of likely N-dealkylation sites (tertiary alicyclic amines) is 2. The number of carbonyl (C=O) groups is 2. The van der Waals surface area contributed by atoms with Crippen LogP contribution in [0.1, 0.15) is 37.2 Å². The van der Waals surface area contributed by atoms with E-state index in [4.69, 9.17) is 21.1 Å². The average molecular weight is 405 g/mol. The van der Waals surface area contributed by atoms with Crippen molar-refractivity contribution < 1.29 is 19.1 Å². The highest BCUT2D eigenvalue weighted by Gasteiger charge is 2.40. The maximum Gasteiger partial charge on any atom is 0.320 e. The molecule has 0 bridgehead atoms. The fraction of sp³-hybridized carbons (Fsp3) is 0.619. The van der Waals surface area contributed by atoms with Gasteiger partial charge in [0.1, 0.15) is 18.5 Å². The second-order valence-corrected chi connectivity index (χ2v) is 8.88. The molecule has 1 aliphatic carbocycles. The highest BCUT2D eigenvalue weighted by atomic mass is 35.5. The number of ketones is 1. The lowest BCUT2D eigenvalue weighted by Gasteiger charge is -2.45. The summed E-state index contributed by atoms with van der Waals surface area (Å²) < 4.78 is 11.7. The molecule has 4 aliphatic rings. The molecule has 0 unspecified atom stereocenters. The van der Waals surface area contributed by atoms with Crippen molar-refractivity contribution in [3.8, 4) is 5.75 Å². The number of urea groups is 1. The van der Waals surface area contributed by atoms with Gasteiger partial charge in [-0.3, -0.25) is 4.79 Å². The molecule has 1 saturated carbocycles. The van der Waals surface area contributed by atoms with E-state index in [0.717, 1.165) is 17.2 Å². The van der Waals surface area contributed by atoms with Gasteiger partial charge in [-0.05, 0) is 48.9 Å². The van der Waals surface area contributed by atoms with Crippen LogP contribution in [0.5, 0.6) is 5.75 Å². The number of ether oxygens (including phenoxy) is 2. The van der Waals surface area contributed by atoms with E-state index in [1.165, 1.54) is 18.4 Å². The van der Waals surface area contributed by atoms with Crippen LogP contribution < -0.4 is 4.74 Å². The van der Waals surface area contributed by atoms with E-state index >= 15 is 0 Å². The Kier molecular flexibility index (Phi) is 4.71. The third kappa shape index (κ3) is 3.60. The van der Waals surface area contributed by atoms with E-state index in [0.29, 0.717) is 38.5 Å². The minimum Gasteiger partial charge on any atom is -0.487 e. The lowest BCUT2D eigenvalue weighted by Crippen LogP contribution is -2.61. The summed E-state index contributed by atoms with van der Waals surface area (Å²) in [6.07, 6.45) is 3.88. The van der Waals surface area contributed by atoms with Gasteiger partial charge in [0.15, 0.2) is 5.78 Å². The molecule has 6 nitrogen and oxygen atoms in total. The smallest absolute Gasteiger partial charge is 0.320 e. The zero-order chi connectivity index (χ0) is 19.3. The lowest BCUT2D eigenvalue weighted by molar-refractivity contribution is -0.140. The number of piperidine rings is 1. The Hall–Kier alpha value is -1.79. The number of hydrogen-bond acceptors (Lipinski definition) is 4. The number of benzene rings is 1. The topological polar surface area (TPSA) is 59.1 Å². The van der Waals surface area contributed by atoms with Gasteiger partial charge < -0.3 is 19.3 Å². The highest BCUT2D eigenvalue weighted by molar-refractivity contribution is 6.31. The molecule has 0 radical (unpaired) electrons. The van der Waals surface area contributed by atoms with Gasteiger partial charge in [0, 0.05) is 30.5 Å². The summed E-state index contributed by atoms with van der Waals surface area (Å²) in [6.45, 7) is 2.73. The van der Waals surface area contributed by atoms with Crippen LogP contribution in [0.3, 0.4) is 0 Å². The fourth-order valence-electron chi connectivity index (χ4n) is 4.51. The molecule has 2 atom stereocenters. The van der Waals surface area contributed by atoms with Crippen molar-refractivity contribution in [3.63, 3.8) is 0 Å². The van der Waals surface area contributed by atoms with Crippen molar-refractivity contribution in [3.05, 3.63) is 28.8 Å². The second kappa shape index (κ2) is 7.23. The van der Waals surface area contributed by atoms with Crippen molar-refractivity contribution >= 4 is 23.4 Å². The van der Waals surface area contributed by atoms with Gasteiger partial charge >= 0.3 is 6.03 Å². The highest BCUT2D eigenvalue weighted by Crippen LogP contribution is 2.44. The number of carbonyl (C=O) groups excluding carboxylic acids is 2. The second-order valence-electron chi connectivity index (χ2n) is 8.47. The first-order valence-electron chi connectivity index (χ1n) is 10.2. The van der Waals surface area contributed by atoms with E-state index in [1.54, 1.807) is 0 Å². The van der Waals surface area contributed by atoms with Gasteiger partial charge in [0.25, 0.3) is 0 Å². The molecule has 3 heterocycles.